The Kier molecular flexibility index (Phi) is 8.97. The lowest BCUT2D eigenvalue weighted by atomic mass is 9.76. The lowest BCUT2D eigenvalue weighted by Gasteiger charge is -2.43. The van der Waals surface area contributed by atoms with Gasteiger partial charge in [0.25, 0.3) is 12.0 Å². The molecule has 3 aliphatic rings. The van der Waals surface area contributed by atoms with E-state index in [4.69, 9.17) is 14.3 Å². The van der Waals surface area contributed by atoms with Crippen LogP contribution in [0.5, 0.6) is 0 Å². The monoisotopic (exact) mass is 640 g/mol. The zero-order valence-corrected chi connectivity index (χ0v) is 27.4. The summed E-state index contributed by atoms with van der Waals surface area (Å²) in [6.07, 6.45) is 8.90. The highest BCUT2D eigenvalue weighted by molar-refractivity contribution is 6.04. The van der Waals surface area contributed by atoms with Gasteiger partial charge < -0.3 is 14.6 Å². The first-order chi connectivity index (χ1) is 22.9. The summed E-state index contributed by atoms with van der Waals surface area (Å²) in [4.78, 5) is 28.8. The number of nitrogens with zero attached hydrogens (tertiary/aromatic N) is 5. The minimum Gasteiger partial charge on any atom is -0.387 e. The number of benzene rings is 2. The van der Waals surface area contributed by atoms with Gasteiger partial charge in [0.15, 0.2) is 5.84 Å². The van der Waals surface area contributed by atoms with Gasteiger partial charge in [0, 0.05) is 30.7 Å². The average Bonchev–Trinajstić information content (AvgIpc) is 3.77. The third-order valence-electron chi connectivity index (χ3n) is 10.2. The second-order valence-corrected chi connectivity index (χ2v) is 13.1. The van der Waals surface area contributed by atoms with Gasteiger partial charge >= 0.3 is 0 Å². The number of aromatic nitrogens is 4. The first kappa shape index (κ1) is 31.7. The van der Waals surface area contributed by atoms with Crippen LogP contribution in [0.1, 0.15) is 93.6 Å². The van der Waals surface area contributed by atoms with Crippen LogP contribution in [-0.2, 0) is 27.2 Å². The molecule has 0 saturated heterocycles. The maximum atomic E-state index is 14.4. The van der Waals surface area contributed by atoms with Crippen molar-refractivity contribution in [1.82, 2.24) is 24.6 Å². The third kappa shape index (κ3) is 6.13. The second-order valence-electron chi connectivity index (χ2n) is 13.1. The molecule has 2 aromatic heterocycles. The Morgan fingerprint density at radius 2 is 1.83 bits per heavy atom. The maximum absolute atomic E-state index is 14.4. The summed E-state index contributed by atoms with van der Waals surface area (Å²) in [6, 6.07) is 16.4. The number of hydroxylamine groups is 1. The van der Waals surface area contributed by atoms with Crippen LogP contribution in [0, 0.1) is 0 Å². The summed E-state index contributed by atoms with van der Waals surface area (Å²) in [5.74, 6) is 1.23. The molecular formula is C36H44N6O5. The fraction of sp³-hybridized carbons (Fsp3) is 0.500. The van der Waals surface area contributed by atoms with Gasteiger partial charge in [0.05, 0.1) is 23.5 Å². The molecule has 2 saturated carbocycles. The fourth-order valence-corrected chi connectivity index (χ4v) is 7.32. The van der Waals surface area contributed by atoms with Gasteiger partial charge in [-0.05, 0) is 75.0 Å². The van der Waals surface area contributed by atoms with Crippen molar-refractivity contribution in [2.45, 2.75) is 108 Å². The number of hydrogen-bond acceptors (Lipinski definition) is 9. The number of aliphatic imine (C=N–C) groups is 1. The van der Waals surface area contributed by atoms with E-state index in [0.717, 1.165) is 91.3 Å². The van der Waals surface area contributed by atoms with E-state index in [1.54, 1.807) is 13.4 Å². The predicted molar refractivity (Wildman–Crippen MR) is 178 cm³/mol. The topological polar surface area (TPSA) is 124 Å². The Morgan fingerprint density at radius 1 is 1.09 bits per heavy atom. The quantitative estimate of drug-likeness (QED) is 0.232. The van der Waals surface area contributed by atoms with E-state index < -0.39 is 12.0 Å². The normalized spacial score (nSPS) is 22.9. The highest BCUT2D eigenvalue weighted by Gasteiger charge is 2.42. The molecule has 0 spiro atoms. The largest absolute Gasteiger partial charge is 0.387 e. The number of methoxy groups -OCH3 is 1. The van der Waals surface area contributed by atoms with E-state index >= 15 is 0 Å². The molecule has 0 bridgehead atoms. The number of rotatable bonds is 11. The van der Waals surface area contributed by atoms with E-state index in [0.29, 0.717) is 18.0 Å². The first-order valence-electron chi connectivity index (χ1n) is 16.9. The van der Waals surface area contributed by atoms with E-state index in [1.807, 2.05) is 34.2 Å². The van der Waals surface area contributed by atoms with E-state index in [2.05, 4.69) is 57.8 Å². The summed E-state index contributed by atoms with van der Waals surface area (Å²) in [5.41, 5.74) is 7.91. The van der Waals surface area contributed by atoms with Gasteiger partial charge in [-0.25, -0.2) is 19.8 Å². The molecule has 11 nitrogen and oxygen atoms in total. The second kappa shape index (κ2) is 13.3. The highest BCUT2D eigenvalue weighted by atomic mass is 16.8. The standard InChI is InChI=1S/C36H44N6O5/c1-4-8-31-30(21-24-11-13-25(14-12-24)28-9-5-6-10-29(28)32-39-35(45-3)47-40-32)33(43)41(34-37-22-38-42(31)34)26-15-17-27(18-16-26)46-23(2)36(44)19-7-20-36/h5-6,9-14,22-23,26-27,35,44H,4,7-8,15-21H2,1-3H3,(H,39,40). The number of aliphatic hydroxyl groups is 1. The number of ether oxygens (including phenoxy) is 2. The van der Waals surface area contributed by atoms with E-state index in [1.165, 1.54) is 0 Å². The molecule has 2 aromatic carbocycles. The van der Waals surface area contributed by atoms with Crippen LogP contribution in [0.3, 0.4) is 0 Å². The number of amidine groups is 1. The average molecular weight is 641 g/mol. The van der Waals surface area contributed by atoms with Crippen molar-refractivity contribution in [3.63, 3.8) is 0 Å². The van der Waals surface area contributed by atoms with E-state index in [9.17, 15) is 9.90 Å². The SMILES string of the molecule is CCCc1c(Cc2ccc(-c3ccccc3C3=NC(OC)ON3)cc2)c(=O)n(C2CCC(OC(C)C3(O)CCC3)CC2)c2ncnn12. The molecular weight excluding hydrogens is 596 g/mol. The summed E-state index contributed by atoms with van der Waals surface area (Å²) in [5, 5.41) is 15.3. The Balaban J connectivity index is 1.15. The van der Waals surface area contributed by atoms with Crippen LogP contribution in [-0.4, -0.2) is 61.4 Å². The molecule has 248 valence electrons. The lowest BCUT2D eigenvalue weighted by Crippen LogP contribution is -2.49. The highest BCUT2D eigenvalue weighted by Crippen LogP contribution is 2.39. The molecule has 2 atom stereocenters. The van der Waals surface area contributed by atoms with Gasteiger partial charge in [0.2, 0.25) is 5.78 Å². The molecule has 47 heavy (non-hydrogen) atoms. The third-order valence-corrected chi connectivity index (χ3v) is 10.2. The number of fused-ring (bicyclic) bond motifs is 1. The minimum absolute atomic E-state index is 0.0123. The molecule has 11 heteroatoms. The van der Waals surface area contributed by atoms with Gasteiger partial charge in [-0.3, -0.25) is 9.36 Å². The molecule has 0 radical (unpaired) electrons. The van der Waals surface area contributed by atoms with Crippen molar-refractivity contribution >= 4 is 11.6 Å². The van der Waals surface area contributed by atoms with Crippen molar-refractivity contribution in [3.8, 4) is 11.1 Å². The van der Waals surface area contributed by atoms with Gasteiger partial charge in [0.1, 0.15) is 6.33 Å². The van der Waals surface area contributed by atoms with Crippen molar-refractivity contribution in [2.75, 3.05) is 7.11 Å². The summed E-state index contributed by atoms with van der Waals surface area (Å²) < 4.78 is 15.3. The van der Waals surface area contributed by atoms with Crippen molar-refractivity contribution in [3.05, 3.63) is 87.6 Å². The summed E-state index contributed by atoms with van der Waals surface area (Å²) in [7, 11) is 1.55. The molecule has 3 heterocycles. The summed E-state index contributed by atoms with van der Waals surface area (Å²) >= 11 is 0. The van der Waals surface area contributed by atoms with Gasteiger partial charge in [-0.15, -0.1) is 0 Å². The van der Waals surface area contributed by atoms with Crippen LogP contribution in [0.4, 0.5) is 0 Å². The molecule has 1 aliphatic heterocycles. The molecule has 4 aromatic rings. The number of hydrogen-bond donors (Lipinski definition) is 2. The molecule has 2 fully saturated rings. The molecule has 2 unspecified atom stereocenters. The Morgan fingerprint density at radius 3 is 2.49 bits per heavy atom. The van der Waals surface area contributed by atoms with Crippen molar-refractivity contribution in [2.24, 2.45) is 4.99 Å². The van der Waals surface area contributed by atoms with Crippen LogP contribution in [0.2, 0.25) is 0 Å². The predicted octanol–water partition coefficient (Wildman–Crippen LogP) is 5.12. The number of nitrogens with one attached hydrogen (secondary N) is 1. The smallest absolute Gasteiger partial charge is 0.282 e. The zero-order chi connectivity index (χ0) is 32.5. The minimum atomic E-state index is -0.683. The van der Waals surface area contributed by atoms with Crippen LogP contribution in [0.15, 0.2) is 64.6 Å². The molecule has 2 N–H and O–H groups in total. The Hall–Kier alpha value is -3.90. The zero-order valence-electron chi connectivity index (χ0n) is 27.4. The van der Waals surface area contributed by atoms with Crippen molar-refractivity contribution in [1.29, 1.82) is 0 Å². The first-order valence-corrected chi connectivity index (χ1v) is 16.9. The molecule has 2 aliphatic carbocycles. The maximum Gasteiger partial charge on any atom is 0.282 e. The van der Waals surface area contributed by atoms with Crippen molar-refractivity contribution < 1.29 is 19.4 Å². The Bertz CT molecular complexity index is 1800. The number of aryl methyl sites for hydroxylation is 1. The van der Waals surface area contributed by atoms with Crippen LogP contribution in [0.25, 0.3) is 16.9 Å². The lowest BCUT2D eigenvalue weighted by molar-refractivity contribution is -0.167. The Labute approximate surface area is 274 Å². The van der Waals surface area contributed by atoms with Gasteiger partial charge in [-0.2, -0.15) is 10.1 Å². The molecule has 7 rings (SSSR count). The van der Waals surface area contributed by atoms with Crippen LogP contribution >= 0.6 is 0 Å². The van der Waals surface area contributed by atoms with Crippen LogP contribution < -0.4 is 11.0 Å². The fourth-order valence-electron chi connectivity index (χ4n) is 7.32. The molecule has 0 amide bonds. The summed E-state index contributed by atoms with van der Waals surface area (Å²) in [6.45, 7) is 4.11. The van der Waals surface area contributed by atoms with E-state index in [-0.39, 0.29) is 23.8 Å². The van der Waals surface area contributed by atoms with Gasteiger partial charge in [-0.1, -0.05) is 61.9 Å².